The summed E-state index contributed by atoms with van der Waals surface area (Å²) in [5, 5.41) is 7.76. The fourth-order valence-electron chi connectivity index (χ4n) is 1.58. The van der Waals surface area contributed by atoms with Gasteiger partial charge in [0.1, 0.15) is 6.42 Å². The van der Waals surface area contributed by atoms with Crippen molar-refractivity contribution in [1.29, 1.82) is 0 Å². The average Bonchev–Trinajstić information content (AvgIpc) is 2.38. The van der Waals surface area contributed by atoms with Crippen LogP contribution in [0.15, 0.2) is 24.3 Å². The summed E-state index contributed by atoms with van der Waals surface area (Å²) in [5.74, 6) is -0.997. The molecule has 0 saturated carbocycles. The summed E-state index contributed by atoms with van der Waals surface area (Å²) in [6, 6.07) is 6.68. The van der Waals surface area contributed by atoms with Gasteiger partial charge >= 0.3 is 0 Å². The molecule has 0 bridgehead atoms. The first kappa shape index (κ1) is 16.6. The molecule has 0 saturated heterocycles. The standard InChI is InChI=1S/C14H19N3O4/c1-10(18)16-11-4-3-5-12(8-11)17-14(20)9-13(19)15-6-7-21-2/h3-5,8H,6-7,9H2,1-2H3,(H,15,19)(H,16,18)(H,17,20). The lowest BCUT2D eigenvalue weighted by molar-refractivity contribution is -0.127. The summed E-state index contributed by atoms with van der Waals surface area (Å²) < 4.78 is 4.79. The molecular formula is C14H19N3O4. The highest BCUT2D eigenvalue weighted by molar-refractivity contribution is 6.03. The smallest absolute Gasteiger partial charge is 0.233 e. The van der Waals surface area contributed by atoms with E-state index in [1.807, 2.05) is 0 Å². The maximum atomic E-state index is 11.7. The minimum atomic E-state index is -0.426. The predicted molar refractivity (Wildman–Crippen MR) is 78.9 cm³/mol. The number of methoxy groups -OCH3 is 1. The lowest BCUT2D eigenvalue weighted by atomic mass is 10.2. The van der Waals surface area contributed by atoms with Gasteiger partial charge in [0.15, 0.2) is 0 Å². The van der Waals surface area contributed by atoms with E-state index in [1.165, 1.54) is 14.0 Å². The molecule has 0 fully saturated rings. The zero-order chi connectivity index (χ0) is 15.7. The summed E-state index contributed by atoms with van der Waals surface area (Å²) >= 11 is 0. The molecule has 7 heteroatoms. The normalized spacial score (nSPS) is 9.81. The number of amides is 3. The van der Waals surface area contributed by atoms with Crippen LogP contribution < -0.4 is 16.0 Å². The van der Waals surface area contributed by atoms with Crippen molar-refractivity contribution >= 4 is 29.1 Å². The second kappa shape index (κ2) is 8.70. The van der Waals surface area contributed by atoms with Crippen LogP contribution in [0.5, 0.6) is 0 Å². The van der Waals surface area contributed by atoms with E-state index in [4.69, 9.17) is 4.74 Å². The van der Waals surface area contributed by atoms with Crippen LogP contribution in [0.2, 0.25) is 0 Å². The van der Waals surface area contributed by atoms with Gasteiger partial charge in [-0.25, -0.2) is 0 Å². The highest BCUT2D eigenvalue weighted by Gasteiger charge is 2.09. The fourth-order valence-corrected chi connectivity index (χ4v) is 1.58. The van der Waals surface area contributed by atoms with Crippen LogP contribution in [-0.2, 0) is 19.1 Å². The van der Waals surface area contributed by atoms with Crippen LogP contribution in [0.1, 0.15) is 13.3 Å². The molecule has 1 aromatic carbocycles. The number of anilines is 2. The van der Waals surface area contributed by atoms with E-state index in [0.29, 0.717) is 24.5 Å². The highest BCUT2D eigenvalue weighted by atomic mass is 16.5. The van der Waals surface area contributed by atoms with Gasteiger partial charge in [-0.15, -0.1) is 0 Å². The van der Waals surface area contributed by atoms with Crippen molar-refractivity contribution in [2.24, 2.45) is 0 Å². The first-order chi connectivity index (χ1) is 10.0. The van der Waals surface area contributed by atoms with Gasteiger partial charge in [-0.3, -0.25) is 14.4 Å². The number of benzene rings is 1. The van der Waals surface area contributed by atoms with Crippen LogP contribution in [0.4, 0.5) is 11.4 Å². The largest absolute Gasteiger partial charge is 0.383 e. The number of nitrogens with one attached hydrogen (secondary N) is 3. The molecule has 0 aliphatic rings. The Labute approximate surface area is 123 Å². The molecule has 114 valence electrons. The molecule has 21 heavy (non-hydrogen) atoms. The van der Waals surface area contributed by atoms with Crippen molar-refractivity contribution in [2.75, 3.05) is 30.9 Å². The third-order valence-corrected chi connectivity index (χ3v) is 2.42. The Morgan fingerprint density at radius 2 is 1.76 bits per heavy atom. The van der Waals surface area contributed by atoms with Crippen molar-refractivity contribution < 1.29 is 19.1 Å². The summed E-state index contributed by atoms with van der Waals surface area (Å²) in [6.45, 7) is 2.16. The van der Waals surface area contributed by atoms with Crippen LogP contribution in [0.25, 0.3) is 0 Å². The Balaban J connectivity index is 2.47. The Hall–Kier alpha value is -2.41. The minimum Gasteiger partial charge on any atom is -0.383 e. The Morgan fingerprint density at radius 3 is 2.38 bits per heavy atom. The molecule has 7 nitrogen and oxygen atoms in total. The molecule has 0 aromatic heterocycles. The molecule has 0 aliphatic heterocycles. The van der Waals surface area contributed by atoms with Gasteiger partial charge in [-0.2, -0.15) is 0 Å². The Bertz CT molecular complexity index is 517. The van der Waals surface area contributed by atoms with Crippen molar-refractivity contribution in [3.63, 3.8) is 0 Å². The molecule has 1 rings (SSSR count). The molecule has 3 amide bonds. The summed E-state index contributed by atoms with van der Waals surface area (Å²) in [5.41, 5.74) is 1.08. The van der Waals surface area contributed by atoms with Crippen LogP contribution in [0, 0.1) is 0 Å². The second-order valence-electron chi connectivity index (χ2n) is 4.33. The van der Waals surface area contributed by atoms with Gasteiger partial charge in [0.05, 0.1) is 6.61 Å². The monoisotopic (exact) mass is 293 g/mol. The lowest BCUT2D eigenvalue weighted by Gasteiger charge is -2.08. The van der Waals surface area contributed by atoms with Crippen molar-refractivity contribution in [2.45, 2.75) is 13.3 Å². The fraction of sp³-hybridized carbons (Fsp3) is 0.357. The summed E-state index contributed by atoms with van der Waals surface area (Å²) in [7, 11) is 1.53. The minimum absolute atomic E-state index is 0.198. The molecule has 0 atom stereocenters. The van der Waals surface area contributed by atoms with Crippen molar-refractivity contribution in [3.8, 4) is 0 Å². The topological polar surface area (TPSA) is 96.5 Å². The van der Waals surface area contributed by atoms with Gasteiger partial charge in [0.2, 0.25) is 17.7 Å². The molecule has 0 aliphatic carbocycles. The number of carbonyl (C=O) groups excluding carboxylic acids is 3. The van der Waals surface area contributed by atoms with Gasteiger partial charge < -0.3 is 20.7 Å². The average molecular weight is 293 g/mol. The van der Waals surface area contributed by atoms with E-state index < -0.39 is 5.91 Å². The molecule has 3 N–H and O–H groups in total. The highest BCUT2D eigenvalue weighted by Crippen LogP contribution is 2.15. The zero-order valence-corrected chi connectivity index (χ0v) is 12.1. The van der Waals surface area contributed by atoms with Crippen molar-refractivity contribution in [3.05, 3.63) is 24.3 Å². The van der Waals surface area contributed by atoms with Gasteiger partial charge in [-0.1, -0.05) is 6.07 Å². The second-order valence-corrected chi connectivity index (χ2v) is 4.33. The molecule has 0 spiro atoms. The quantitative estimate of drug-likeness (QED) is 0.510. The van der Waals surface area contributed by atoms with Crippen LogP contribution >= 0.6 is 0 Å². The van der Waals surface area contributed by atoms with E-state index in [1.54, 1.807) is 24.3 Å². The summed E-state index contributed by atoms with van der Waals surface area (Å²) in [4.78, 5) is 34.1. The van der Waals surface area contributed by atoms with E-state index in [0.717, 1.165) is 0 Å². The number of ether oxygens (including phenoxy) is 1. The maximum Gasteiger partial charge on any atom is 0.233 e. The van der Waals surface area contributed by atoms with Gasteiger partial charge in [-0.05, 0) is 18.2 Å². The van der Waals surface area contributed by atoms with Gasteiger partial charge in [0, 0.05) is 32.0 Å². The van der Waals surface area contributed by atoms with E-state index in [-0.39, 0.29) is 18.2 Å². The van der Waals surface area contributed by atoms with Gasteiger partial charge in [0.25, 0.3) is 0 Å². The zero-order valence-electron chi connectivity index (χ0n) is 12.1. The first-order valence-electron chi connectivity index (χ1n) is 6.44. The Morgan fingerprint density at radius 1 is 1.10 bits per heavy atom. The molecule has 0 radical (unpaired) electrons. The van der Waals surface area contributed by atoms with Crippen LogP contribution in [0.3, 0.4) is 0 Å². The first-order valence-corrected chi connectivity index (χ1v) is 6.44. The predicted octanol–water partition coefficient (Wildman–Crippen LogP) is 0.736. The Kier molecular flexibility index (Phi) is 6.90. The molecular weight excluding hydrogens is 274 g/mol. The SMILES string of the molecule is COCCNC(=O)CC(=O)Nc1cccc(NC(C)=O)c1. The molecule has 0 heterocycles. The van der Waals surface area contributed by atoms with E-state index in [2.05, 4.69) is 16.0 Å². The maximum absolute atomic E-state index is 11.7. The summed E-state index contributed by atoms with van der Waals surface area (Å²) in [6.07, 6.45) is -0.270. The number of hydrogen-bond donors (Lipinski definition) is 3. The van der Waals surface area contributed by atoms with Crippen LogP contribution in [-0.4, -0.2) is 38.0 Å². The van der Waals surface area contributed by atoms with E-state index in [9.17, 15) is 14.4 Å². The number of carbonyl (C=O) groups is 3. The van der Waals surface area contributed by atoms with E-state index >= 15 is 0 Å². The lowest BCUT2D eigenvalue weighted by Crippen LogP contribution is -2.30. The third-order valence-electron chi connectivity index (χ3n) is 2.42. The number of hydrogen-bond acceptors (Lipinski definition) is 4. The van der Waals surface area contributed by atoms with Crippen molar-refractivity contribution in [1.82, 2.24) is 5.32 Å². The number of rotatable bonds is 7. The third kappa shape index (κ3) is 7.07. The molecule has 1 aromatic rings. The molecule has 0 unspecified atom stereocenters.